The predicted molar refractivity (Wildman–Crippen MR) is 151 cm³/mol. The highest BCUT2D eigenvalue weighted by Gasteiger charge is 2.23. The molecule has 0 spiro atoms. The number of urea groups is 1. The summed E-state index contributed by atoms with van der Waals surface area (Å²) in [4.78, 5) is 28.0. The fourth-order valence-corrected chi connectivity index (χ4v) is 3.84. The number of benzene rings is 2. The first-order valence-electron chi connectivity index (χ1n) is 13.1. The Morgan fingerprint density at radius 3 is 2.32 bits per heavy atom. The molecule has 3 amide bonds. The van der Waals surface area contributed by atoms with E-state index in [1.807, 2.05) is 61.5 Å². The van der Waals surface area contributed by atoms with E-state index in [1.165, 1.54) is 5.56 Å². The van der Waals surface area contributed by atoms with Gasteiger partial charge in [0.2, 0.25) is 5.91 Å². The Kier molecular flexibility index (Phi) is 9.14. The van der Waals surface area contributed by atoms with Gasteiger partial charge in [-0.05, 0) is 61.1 Å². The van der Waals surface area contributed by atoms with Crippen molar-refractivity contribution in [2.75, 3.05) is 23.7 Å². The number of aromatic nitrogens is 2. The van der Waals surface area contributed by atoms with Crippen LogP contribution in [0.15, 0.2) is 54.6 Å². The van der Waals surface area contributed by atoms with Gasteiger partial charge in [0, 0.05) is 23.7 Å². The summed E-state index contributed by atoms with van der Waals surface area (Å²) in [6, 6.07) is 17.4. The van der Waals surface area contributed by atoms with Gasteiger partial charge in [-0.3, -0.25) is 4.79 Å². The average molecular weight is 504 g/mol. The highest BCUT2D eigenvalue weighted by atomic mass is 16.2. The van der Waals surface area contributed by atoms with Crippen LogP contribution in [0.1, 0.15) is 64.8 Å². The summed E-state index contributed by atoms with van der Waals surface area (Å²) in [6.07, 6.45) is 1.73. The Morgan fingerprint density at radius 1 is 1.03 bits per heavy atom. The van der Waals surface area contributed by atoms with Crippen LogP contribution in [-0.2, 0) is 16.6 Å². The molecular weight excluding hydrogens is 462 g/mol. The van der Waals surface area contributed by atoms with E-state index in [-0.39, 0.29) is 23.9 Å². The normalized spacial score (nSPS) is 11.5. The van der Waals surface area contributed by atoms with E-state index >= 15 is 0 Å². The van der Waals surface area contributed by atoms with Crippen LogP contribution in [0.5, 0.6) is 0 Å². The van der Waals surface area contributed by atoms with Crippen molar-refractivity contribution < 1.29 is 9.59 Å². The quantitative estimate of drug-likeness (QED) is 0.347. The third-order valence-electron chi connectivity index (χ3n) is 6.20. The van der Waals surface area contributed by atoms with Gasteiger partial charge in [0.05, 0.1) is 11.4 Å². The Balaban J connectivity index is 1.80. The number of carbonyl (C=O) groups is 2. The second kappa shape index (κ2) is 12.1. The molecule has 1 heterocycles. The number of rotatable bonds is 9. The molecule has 0 radical (unpaired) electrons. The number of nitrogens with zero attached hydrogens (tertiary/aromatic N) is 3. The van der Waals surface area contributed by atoms with Crippen LogP contribution in [0.4, 0.5) is 16.3 Å². The number of amides is 3. The van der Waals surface area contributed by atoms with E-state index in [9.17, 15) is 9.59 Å². The van der Waals surface area contributed by atoms with Crippen LogP contribution in [0.25, 0.3) is 5.69 Å². The molecule has 0 bridgehead atoms. The monoisotopic (exact) mass is 503 g/mol. The van der Waals surface area contributed by atoms with Crippen molar-refractivity contribution in [2.24, 2.45) is 5.92 Å². The molecule has 0 saturated carbocycles. The van der Waals surface area contributed by atoms with E-state index in [2.05, 4.69) is 52.2 Å². The molecule has 0 saturated heterocycles. The van der Waals surface area contributed by atoms with E-state index in [4.69, 9.17) is 5.10 Å². The molecule has 0 unspecified atom stereocenters. The minimum atomic E-state index is -0.289. The lowest BCUT2D eigenvalue weighted by molar-refractivity contribution is -0.116. The first-order valence-corrected chi connectivity index (χ1v) is 13.1. The third kappa shape index (κ3) is 7.94. The third-order valence-corrected chi connectivity index (χ3v) is 6.20. The molecule has 2 aromatic carbocycles. The molecule has 2 N–H and O–H groups in total. The van der Waals surface area contributed by atoms with Crippen molar-refractivity contribution >= 4 is 23.4 Å². The molecule has 0 aliphatic carbocycles. The van der Waals surface area contributed by atoms with Crippen molar-refractivity contribution in [3.63, 3.8) is 0 Å². The molecule has 198 valence electrons. The molecule has 37 heavy (non-hydrogen) atoms. The fourth-order valence-electron chi connectivity index (χ4n) is 3.84. The molecule has 0 atom stereocenters. The number of hydrogen-bond donors (Lipinski definition) is 2. The zero-order valence-electron chi connectivity index (χ0n) is 23.3. The Bertz CT molecular complexity index is 1210. The number of carbonyl (C=O) groups excluding carboxylic acids is 2. The summed E-state index contributed by atoms with van der Waals surface area (Å²) < 4.78 is 1.76. The first-order chi connectivity index (χ1) is 17.5. The Morgan fingerprint density at radius 2 is 1.73 bits per heavy atom. The van der Waals surface area contributed by atoms with E-state index < -0.39 is 0 Å². The molecule has 3 rings (SSSR count). The van der Waals surface area contributed by atoms with Crippen molar-refractivity contribution in [3.8, 4) is 5.69 Å². The van der Waals surface area contributed by atoms with Crippen LogP contribution in [0.2, 0.25) is 0 Å². The summed E-state index contributed by atoms with van der Waals surface area (Å²) in [6.45, 7) is 15.0. The zero-order valence-corrected chi connectivity index (χ0v) is 23.3. The Hall–Kier alpha value is -3.61. The van der Waals surface area contributed by atoms with Crippen LogP contribution in [-0.4, -0.2) is 39.7 Å². The molecule has 0 fully saturated rings. The summed E-state index contributed by atoms with van der Waals surface area (Å²) in [5.74, 6) is 0.716. The molecule has 0 aliphatic rings. The number of aryl methyl sites for hydroxylation is 2. The van der Waals surface area contributed by atoms with E-state index in [0.29, 0.717) is 24.0 Å². The van der Waals surface area contributed by atoms with Gasteiger partial charge in [0.15, 0.2) is 0 Å². The van der Waals surface area contributed by atoms with Gasteiger partial charge >= 0.3 is 6.03 Å². The maximum Gasteiger partial charge on any atom is 0.322 e. The highest BCUT2D eigenvalue weighted by Crippen LogP contribution is 2.26. The van der Waals surface area contributed by atoms with Crippen LogP contribution in [0, 0.1) is 12.8 Å². The standard InChI is InChI=1S/C30H41N5O2/c1-8-23-12-14-24(15-13-23)31-29(37)34(17-16-21(2)3)20-28(36)32-27-19-26(30(5,6)7)33-35(27)25-11-9-10-22(4)18-25/h9-15,18-19,21H,8,16-17,20H2,1-7H3,(H,31,37)(H,32,36). The molecule has 1 aromatic heterocycles. The maximum absolute atomic E-state index is 13.2. The summed E-state index contributed by atoms with van der Waals surface area (Å²) in [5.41, 5.74) is 4.57. The predicted octanol–water partition coefficient (Wildman–Crippen LogP) is 6.56. The minimum Gasteiger partial charge on any atom is -0.315 e. The van der Waals surface area contributed by atoms with E-state index in [0.717, 1.165) is 29.8 Å². The lowest BCUT2D eigenvalue weighted by Gasteiger charge is -2.23. The van der Waals surface area contributed by atoms with Crippen molar-refractivity contribution in [3.05, 3.63) is 71.4 Å². The van der Waals surface area contributed by atoms with Crippen LogP contribution >= 0.6 is 0 Å². The molecule has 0 aliphatic heterocycles. The van der Waals surface area contributed by atoms with Gasteiger partial charge in [-0.25, -0.2) is 9.48 Å². The zero-order chi connectivity index (χ0) is 27.2. The number of anilines is 2. The molecular formula is C30H41N5O2. The fraction of sp³-hybridized carbons (Fsp3) is 0.433. The van der Waals surface area contributed by atoms with Crippen molar-refractivity contribution in [1.82, 2.24) is 14.7 Å². The van der Waals surface area contributed by atoms with Crippen molar-refractivity contribution in [2.45, 2.75) is 66.7 Å². The number of nitrogens with one attached hydrogen (secondary N) is 2. The lowest BCUT2D eigenvalue weighted by Crippen LogP contribution is -2.41. The Labute approximate surface area is 221 Å². The van der Waals surface area contributed by atoms with Gasteiger partial charge in [-0.1, -0.05) is 65.8 Å². The highest BCUT2D eigenvalue weighted by molar-refractivity contribution is 5.96. The number of hydrogen-bond acceptors (Lipinski definition) is 3. The topological polar surface area (TPSA) is 79.3 Å². The molecule has 7 heteroatoms. The summed E-state index contributed by atoms with van der Waals surface area (Å²) in [5, 5.41) is 10.8. The molecule has 7 nitrogen and oxygen atoms in total. The maximum atomic E-state index is 13.2. The van der Waals surface area contributed by atoms with Gasteiger partial charge in [0.25, 0.3) is 0 Å². The largest absolute Gasteiger partial charge is 0.322 e. The van der Waals surface area contributed by atoms with Gasteiger partial charge < -0.3 is 15.5 Å². The average Bonchev–Trinajstić information content (AvgIpc) is 3.26. The van der Waals surface area contributed by atoms with Crippen molar-refractivity contribution in [1.29, 1.82) is 0 Å². The van der Waals surface area contributed by atoms with Crippen LogP contribution < -0.4 is 10.6 Å². The smallest absolute Gasteiger partial charge is 0.315 e. The second-order valence-electron chi connectivity index (χ2n) is 11.0. The summed E-state index contributed by atoms with van der Waals surface area (Å²) in [7, 11) is 0. The minimum absolute atomic E-state index is 0.0601. The second-order valence-corrected chi connectivity index (χ2v) is 11.0. The van der Waals surface area contributed by atoms with Gasteiger partial charge in [0.1, 0.15) is 12.4 Å². The summed E-state index contributed by atoms with van der Waals surface area (Å²) >= 11 is 0. The van der Waals surface area contributed by atoms with Crippen LogP contribution in [0.3, 0.4) is 0 Å². The van der Waals surface area contributed by atoms with Gasteiger partial charge in [-0.15, -0.1) is 0 Å². The molecule has 3 aromatic rings. The SMILES string of the molecule is CCc1ccc(NC(=O)N(CCC(C)C)CC(=O)Nc2cc(C(C)(C)C)nn2-c2cccc(C)c2)cc1. The first kappa shape index (κ1) is 28.0. The van der Waals surface area contributed by atoms with Gasteiger partial charge in [-0.2, -0.15) is 5.10 Å². The van der Waals surface area contributed by atoms with E-state index in [1.54, 1.807) is 9.58 Å². The lowest BCUT2D eigenvalue weighted by atomic mass is 9.92.